The molecule has 6 heteroatoms. The summed E-state index contributed by atoms with van der Waals surface area (Å²) in [5, 5.41) is 5.79. The van der Waals surface area contributed by atoms with E-state index in [2.05, 4.69) is 5.32 Å². The maximum Gasteiger partial charge on any atom is 0.240 e. The third-order valence-electron chi connectivity index (χ3n) is 4.30. The molecule has 0 unspecified atom stereocenters. The standard InChI is InChI=1S/C21H18Cl2N2O2/c22-17-8-7-16(18(23)12-17)11-19(21(24)27)25-20(26)10-13-5-6-14-3-1-2-4-15(14)9-13/h1-9,12,19H,10-11H2,(H2,24,27)(H,25,26)/t19-/m1/s1. The fourth-order valence-corrected chi connectivity index (χ4v) is 3.40. The first-order valence-electron chi connectivity index (χ1n) is 8.42. The number of halogens is 2. The maximum atomic E-state index is 12.4. The summed E-state index contributed by atoms with van der Waals surface area (Å²) in [4.78, 5) is 24.2. The molecule has 1 atom stereocenters. The molecule has 0 aliphatic carbocycles. The van der Waals surface area contributed by atoms with Crippen LogP contribution >= 0.6 is 23.2 Å². The van der Waals surface area contributed by atoms with Crippen molar-refractivity contribution in [2.75, 3.05) is 0 Å². The lowest BCUT2D eigenvalue weighted by Crippen LogP contribution is -2.46. The van der Waals surface area contributed by atoms with Gasteiger partial charge in [0.25, 0.3) is 0 Å². The van der Waals surface area contributed by atoms with E-state index in [-0.39, 0.29) is 18.7 Å². The van der Waals surface area contributed by atoms with Crippen LogP contribution in [0.4, 0.5) is 0 Å². The lowest BCUT2D eigenvalue weighted by molar-refractivity contribution is -0.127. The Kier molecular flexibility index (Phi) is 5.99. The number of amides is 2. The van der Waals surface area contributed by atoms with Gasteiger partial charge in [0.15, 0.2) is 0 Å². The highest BCUT2D eigenvalue weighted by atomic mass is 35.5. The highest BCUT2D eigenvalue weighted by molar-refractivity contribution is 6.35. The minimum Gasteiger partial charge on any atom is -0.368 e. The van der Waals surface area contributed by atoms with E-state index in [9.17, 15) is 9.59 Å². The van der Waals surface area contributed by atoms with Crippen LogP contribution in [0.25, 0.3) is 10.8 Å². The number of fused-ring (bicyclic) bond motifs is 1. The molecule has 3 rings (SSSR count). The van der Waals surface area contributed by atoms with Crippen LogP contribution in [-0.4, -0.2) is 17.9 Å². The van der Waals surface area contributed by atoms with Gasteiger partial charge in [0.1, 0.15) is 6.04 Å². The van der Waals surface area contributed by atoms with Gasteiger partial charge in [-0.3, -0.25) is 9.59 Å². The smallest absolute Gasteiger partial charge is 0.240 e. The Morgan fingerprint density at radius 3 is 2.41 bits per heavy atom. The SMILES string of the molecule is NC(=O)[C@@H](Cc1ccc(Cl)cc1Cl)NC(=O)Cc1ccc2ccccc2c1. The topological polar surface area (TPSA) is 72.2 Å². The average molecular weight is 401 g/mol. The normalized spacial score (nSPS) is 11.9. The van der Waals surface area contributed by atoms with Crippen LogP contribution in [-0.2, 0) is 22.4 Å². The van der Waals surface area contributed by atoms with Crippen LogP contribution in [0.5, 0.6) is 0 Å². The predicted octanol–water partition coefficient (Wildman–Crippen LogP) is 3.90. The monoisotopic (exact) mass is 400 g/mol. The zero-order valence-corrected chi connectivity index (χ0v) is 15.9. The summed E-state index contributed by atoms with van der Waals surface area (Å²) in [6, 6.07) is 17.9. The number of nitrogens with two attached hydrogens (primary N) is 1. The van der Waals surface area contributed by atoms with Crippen molar-refractivity contribution in [2.45, 2.75) is 18.9 Å². The van der Waals surface area contributed by atoms with Crippen LogP contribution in [0.1, 0.15) is 11.1 Å². The largest absolute Gasteiger partial charge is 0.368 e. The van der Waals surface area contributed by atoms with Gasteiger partial charge in [-0.1, -0.05) is 71.7 Å². The molecule has 2 amide bonds. The summed E-state index contributed by atoms with van der Waals surface area (Å²) < 4.78 is 0. The Morgan fingerprint density at radius 1 is 0.963 bits per heavy atom. The number of hydrogen-bond acceptors (Lipinski definition) is 2. The summed E-state index contributed by atoms with van der Waals surface area (Å²) in [5.74, 6) is -0.896. The van der Waals surface area contributed by atoms with Crippen LogP contribution in [0, 0.1) is 0 Å². The van der Waals surface area contributed by atoms with Crippen molar-refractivity contribution in [1.82, 2.24) is 5.32 Å². The van der Waals surface area contributed by atoms with Crippen LogP contribution in [0.2, 0.25) is 10.0 Å². The van der Waals surface area contributed by atoms with Gasteiger partial charge in [0, 0.05) is 16.5 Å². The van der Waals surface area contributed by atoms with Crippen molar-refractivity contribution in [3.63, 3.8) is 0 Å². The molecule has 4 nitrogen and oxygen atoms in total. The van der Waals surface area contributed by atoms with Crippen LogP contribution < -0.4 is 11.1 Å². The second kappa shape index (κ2) is 8.42. The Labute approximate surface area is 167 Å². The van der Waals surface area contributed by atoms with Crippen molar-refractivity contribution in [3.05, 3.63) is 81.8 Å². The molecule has 0 heterocycles. The Morgan fingerprint density at radius 2 is 1.70 bits per heavy atom. The highest BCUT2D eigenvalue weighted by Crippen LogP contribution is 2.22. The number of carbonyl (C=O) groups excluding carboxylic acids is 2. The summed E-state index contributed by atoms with van der Waals surface area (Å²) in [6.07, 6.45) is 0.359. The minimum atomic E-state index is -0.850. The molecule has 0 aliphatic heterocycles. The summed E-state index contributed by atoms with van der Waals surface area (Å²) >= 11 is 12.0. The molecule has 0 bridgehead atoms. The van der Waals surface area contributed by atoms with Gasteiger partial charge in [-0.05, 0) is 34.0 Å². The first kappa shape index (κ1) is 19.2. The quantitative estimate of drug-likeness (QED) is 0.658. The molecular formula is C21H18Cl2N2O2. The second-order valence-electron chi connectivity index (χ2n) is 6.32. The summed E-state index contributed by atoms with van der Waals surface area (Å²) in [5.41, 5.74) is 7.01. The minimum absolute atomic E-state index is 0.156. The third-order valence-corrected chi connectivity index (χ3v) is 4.88. The molecule has 0 saturated heterocycles. The number of carbonyl (C=O) groups is 2. The van der Waals surface area contributed by atoms with E-state index in [4.69, 9.17) is 28.9 Å². The van der Waals surface area contributed by atoms with Crippen LogP contribution in [0.3, 0.4) is 0 Å². The summed E-state index contributed by atoms with van der Waals surface area (Å²) in [6.45, 7) is 0. The Balaban J connectivity index is 1.69. The van der Waals surface area contributed by atoms with E-state index in [1.54, 1.807) is 18.2 Å². The van der Waals surface area contributed by atoms with Crippen molar-refractivity contribution < 1.29 is 9.59 Å². The Bertz CT molecular complexity index is 1000. The summed E-state index contributed by atoms with van der Waals surface area (Å²) in [7, 11) is 0. The van der Waals surface area contributed by atoms with E-state index in [1.807, 2.05) is 42.5 Å². The average Bonchev–Trinajstić information content (AvgIpc) is 2.63. The molecule has 0 spiro atoms. The van der Waals surface area contributed by atoms with Gasteiger partial charge in [-0.2, -0.15) is 0 Å². The molecular weight excluding hydrogens is 383 g/mol. The first-order valence-corrected chi connectivity index (χ1v) is 9.18. The molecule has 0 fully saturated rings. The van der Waals surface area contributed by atoms with Gasteiger partial charge < -0.3 is 11.1 Å². The van der Waals surface area contributed by atoms with Crippen LogP contribution in [0.15, 0.2) is 60.7 Å². The van der Waals surface area contributed by atoms with Gasteiger partial charge in [0.2, 0.25) is 11.8 Å². The van der Waals surface area contributed by atoms with E-state index < -0.39 is 11.9 Å². The zero-order valence-electron chi connectivity index (χ0n) is 14.4. The Hall–Kier alpha value is -2.56. The first-order chi connectivity index (χ1) is 12.9. The lowest BCUT2D eigenvalue weighted by atomic mass is 10.0. The molecule has 3 aromatic rings. The van der Waals surface area contributed by atoms with Crippen molar-refractivity contribution in [2.24, 2.45) is 5.73 Å². The molecule has 0 radical (unpaired) electrons. The van der Waals surface area contributed by atoms with E-state index in [0.29, 0.717) is 15.6 Å². The van der Waals surface area contributed by atoms with Crippen molar-refractivity contribution in [3.8, 4) is 0 Å². The molecule has 0 aromatic heterocycles. The number of rotatable bonds is 6. The molecule has 3 aromatic carbocycles. The van der Waals surface area contributed by atoms with Gasteiger partial charge >= 0.3 is 0 Å². The van der Waals surface area contributed by atoms with Gasteiger partial charge in [-0.15, -0.1) is 0 Å². The van der Waals surface area contributed by atoms with E-state index in [1.165, 1.54) is 0 Å². The molecule has 3 N–H and O–H groups in total. The van der Waals surface area contributed by atoms with E-state index in [0.717, 1.165) is 16.3 Å². The number of primary amides is 1. The number of nitrogens with one attached hydrogen (secondary N) is 1. The van der Waals surface area contributed by atoms with Crippen molar-refractivity contribution >= 4 is 45.8 Å². The highest BCUT2D eigenvalue weighted by Gasteiger charge is 2.20. The number of hydrogen-bond donors (Lipinski definition) is 2. The maximum absolute atomic E-state index is 12.4. The number of benzene rings is 3. The predicted molar refractivity (Wildman–Crippen MR) is 109 cm³/mol. The fourth-order valence-electron chi connectivity index (χ4n) is 2.91. The molecule has 27 heavy (non-hydrogen) atoms. The third kappa shape index (κ3) is 5.00. The lowest BCUT2D eigenvalue weighted by Gasteiger charge is -2.16. The molecule has 138 valence electrons. The van der Waals surface area contributed by atoms with Crippen molar-refractivity contribution in [1.29, 1.82) is 0 Å². The zero-order chi connectivity index (χ0) is 19.4. The van der Waals surface area contributed by atoms with E-state index >= 15 is 0 Å². The molecule has 0 aliphatic rings. The fraction of sp³-hybridized carbons (Fsp3) is 0.143. The second-order valence-corrected chi connectivity index (χ2v) is 7.16. The molecule has 0 saturated carbocycles. The van der Waals surface area contributed by atoms with Gasteiger partial charge in [0.05, 0.1) is 6.42 Å². The van der Waals surface area contributed by atoms with Gasteiger partial charge in [-0.25, -0.2) is 0 Å².